The number of hydrogen-bond donors (Lipinski definition) is 2. The zero-order chi connectivity index (χ0) is 14.2. The Balaban J connectivity index is 2.55. The molecule has 0 aromatic heterocycles. The van der Waals surface area contributed by atoms with Crippen molar-refractivity contribution in [2.24, 2.45) is 0 Å². The summed E-state index contributed by atoms with van der Waals surface area (Å²) in [6, 6.07) is 6.60. The van der Waals surface area contributed by atoms with Gasteiger partial charge in [-0.15, -0.1) is 0 Å². The van der Waals surface area contributed by atoms with E-state index in [9.17, 15) is 14.6 Å². The highest BCUT2D eigenvalue weighted by atomic mass is 35.5. The minimum absolute atomic E-state index is 0.0515. The molecule has 0 saturated heterocycles. The van der Waals surface area contributed by atoms with Crippen molar-refractivity contribution in [3.63, 3.8) is 0 Å². The predicted molar refractivity (Wildman–Crippen MR) is 73.7 cm³/mol. The van der Waals surface area contributed by atoms with Gasteiger partial charge in [0.1, 0.15) is 17.3 Å². The molecule has 0 spiro atoms. The fourth-order valence-electron chi connectivity index (χ4n) is 1.96. The van der Waals surface area contributed by atoms with Crippen molar-refractivity contribution >= 4 is 23.2 Å². The van der Waals surface area contributed by atoms with Gasteiger partial charge in [0.25, 0.3) is 0 Å². The molecule has 0 bridgehead atoms. The fourth-order valence-corrected chi connectivity index (χ4v) is 2.46. The lowest BCUT2D eigenvalue weighted by Crippen LogP contribution is -1.98. The second-order valence-corrected chi connectivity index (χ2v) is 5.09. The van der Waals surface area contributed by atoms with Crippen LogP contribution in [0.3, 0.4) is 0 Å². The summed E-state index contributed by atoms with van der Waals surface area (Å²) in [6.45, 7) is 1.72. The van der Waals surface area contributed by atoms with E-state index in [0.29, 0.717) is 16.1 Å². The molecule has 0 amide bonds. The molecular weight excluding hydrogens is 290 g/mol. The molecule has 0 radical (unpaired) electrons. The largest absolute Gasteiger partial charge is 0.508 e. The lowest BCUT2D eigenvalue weighted by atomic mass is 9.91. The Hall–Kier alpha value is -1.45. The molecule has 1 atom stereocenters. The molecule has 0 heterocycles. The molecule has 0 aliphatic rings. The van der Waals surface area contributed by atoms with Gasteiger partial charge in [0.2, 0.25) is 0 Å². The first kappa shape index (κ1) is 14.0. The third-order valence-corrected chi connectivity index (χ3v) is 3.49. The SMILES string of the molecule is CC(c1cc(F)ccc1O)c1cc(Cl)cc(Cl)c1O. The van der Waals surface area contributed by atoms with Crippen LogP contribution in [-0.4, -0.2) is 10.2 Å². The van der Waals surface area contributed by atoms with Crippen LogP contribution in [0, 0.1) is 5.82 Å². The van der Waals surface area contributed by atoms with Crippen LogP contribution in [0.5, 0.6) is 11.5 Å². The Labute approximate surface area is 120 Å². The fraction of sp³-hybridized carbons (Fsp3) is 0.143. The van der Waals surface area contributed by atoms with Crippen LogP contribution in [0.4, 0.5) is 4.39 Å². The molecule has 0 aliphatic carbocycles. The first-order valence-electron chi connectivity index (χ1n) is 5.56. The maximum absolute atomic E-state index is 13.3. The number of hydrogen-bond acceptors (Lipinski definition) is 2. The van der Waals surface area contributed by atoms with Gasteiger partial charge >= 0.3 is 0 Å². The smallest absolute Gasteiger partial charge is 0.138 e. The third-order valence-electron chi connectivity index (χ3n) is 2.98. The van der Waals surface area contributed by atoms with Crippen LogP contribution in [0.25, 0.3) is 0 Å². The highest BCUT2D eigenvalue weighted by molar-refractivity contribution is 6.35. The predicted octanol–water partition coefficient (Wildman–Crippen LogP) is 4.70. The minimum atomic E-state index is -0.465. The van der Waals surface area contributed by atoms with Crippen LogP contribution in [0.2, 0.25) is 10.0 Å². The average molecular weight is 301 g/mol. The lowest BCUT2D eigenvalue weighted by molar-refractivity contribution is 0.455. The standard InChI is InChI=1S/C14H11Cl2FO2/c1-7(10-6-9(17)2-3-13(10)18)11-4-8(15)5-12(16)14(11)19/h2-7,18-19H,1H3. The quantitative estimate of drug-likeness (QED) is 0.844. The van der Waals surface area contributed by atoms with Gasteiger partial charge in [-0.25, -0.2) is 4.39 Å². The number of benzene rings is 2. The molecule has 19 heavy (non-hydrogen) atoms. The zero-order valence-electron chi connectivity index (χ0n) is 9.99. The maximum atomic E-state index is 13.3. The third kappa shape index (κ3) is 2.77. The van der Waals surface area contributed by atoms with E-state index < -0.39 is 11.7 Å². The molecule has 0 fully saturated rings. The van der Waals surface area contributed by atoms with Crippen LogP contribution in [-0.2, 0) is 0 Å². The normalized spacial score (nSPS) is 12.4. The number of halogens is 3. The summed E-state index contributed by atoms with van der Waals surface area (Å²) in [4.78, 5) is 0. The molecule has 5 heteroatoms. The van der Waals surface area contributed by atoms with Crippen molar-refractivity contribution in [3.8, 4) is 11.5 Å². The van der Waals surface area contributed by atoms with E-state index in [0.717, 1.165) is 6.07 Å². The van der Waals surface area contributed by atoms with E-state index in [1.54, 1.807) is 6.92 Å². The highest BCUT2D eigenvalue weighted by Gasteiger charge is 2.19. The Morgan fingerprint density at radius 2 is 1.74 bits per heavy atom. The van der Waals surface area contributed by atoms with Gasteiger partial charge in [-0.3, -0.25) is 0 Å². The van der Waals surface area contributed by atoms with Crippen molar-refractivity contribution in [1.29, 1.82) is 0 Å². The number of phenolic OH excluding ortho intramolecular Hbond substituents is 2. The first-order chi connectivity index (χ1) is 8.90. The summed E-state index contributed by atoms with van der Waals surface area (Å²) < 4.78 is 13.3. The Kier molecular flexibility index (Phi) is 3.88. The second-order valence-electron chi connectivity index (χ2n) is 4.25. The van der Waals surface area contributed by atoms with Crippen molar-refractivity contribution in [3.05, 3.63) is 57.3 Å². The van der Waals surface area contributed by atoms with Gasteiger partial charge < -0.3 is 10.2 Å². The van der Waals surface area contributed by atoms with Gasteiger partial charge in [0.05, 0.1) is 5.02 Å². The van der Waals surface area contributed by atoms with E-state index >= 15 is 0 Å². The molecule has 100 valence electrons. The Bertz CT molecular complexity index is 629. The van der Waals surface area contributed by atoms with Gasteiger partial charge in [-0.05, 0) is 30.3 Å². The summed E-state index contributed by atoms with van der Waals surface area (Å²) in [5.74, 6) is -1.09. The number of rotatable bonds is 2. The number of phenols is 2. The van der Waals surface area contributed by atoms with E-state index in [4.69, 9.17) is 23.2 Å². The van der Waals surface area contributed by atoms with Crippen molar-refractivity contribution in [2.75, 3.05) is 0 Å². The van der Waals surface area contributed by atoms with Gasteiger partial charge in [-0.1, -0.05) is 30.1 Å². The first-order valence-corrected chi connectivity index (χ1v) is 6.32. The average Bonchev–Trinajstić information content (AvgIpc) is 2.36. The second kappa shape index (κ2) is 5.27. The maximum Gasteiger partial charge on any atom is 0.138 e. The Morgan fingerprint density at radius 3 is 2.42 bits per heavy atom. The molecular formula is C14H11Cl2FO2. The molecule has 0 aliphatic heterocycles. The summed E-state index contributed by atoms with van der Waals surface area (Å²) in [5.41, 5.74) is 0.784. The van der Waals surface area contributed by atoms with Crippen molar-refractivity contribution in [1.82, 2.24) is 0 Å². The number of aromatic hydroxyl groups is 2. The van der Waals surface area contributed by atoms with Gasteiger partial charge in [0, 0.05) is 22.1 Å². The van der Waals surface area contributed by atoms with Crippen molar-refractivity contribution in [2.45, 2.75) is 12.8 Å². The minimum Gasteiger partial charge on any atom is -0.508 e. The molecule has 2 N–H and O–H groups in total. The summed E-state index contributed by atoms with van der Waals surface area (Å²) in [6.07, 6.45) is 0. The van der Waals surface area contributed by atoms with E-state index in [2.05, 4.69) is 0 Å². The van der Waals surface area contributed by atoms with Gasteiger partial charge in [-0.2, -0.15) is 0 Å². The monoisotopic (exact) mass is 300 g/mol. The zero-order valence-corrected chi connectivity index (χ0v) is 11.5. The van der Waals surface area contributed by atoms with E-state index in [1.165, 1.54) is 24.3 Å². The van der Waals surface area contributed by atoms with Crippen LogP contribution in [0.1, 0.15) is 24.0 Å². The van der Waals surface area contributed by atoms with Crippen LogP contribution >= 0.6 is 23.2 Å². The van der Waals surface area contributed by atoms with Crippen molar-refractivity contribution < 1.29 is 14.6 Å². The summed E-state index contributed by atoms with van der Waals surface area (Å²) >= 11 is 11.7. The Morgan fingerprint density at radius 1 is 1.05 bits per heavy atom. The highest BCUT2D eigenvalue weighted by Crippen LogP contribution is 2.40. The molecule has 2 rings (SSSR count). The topological polar surface area (TPSA) is 40.5 Å². The molecule has 0 saturated carbocycles. The van der Waals surface area contributed by atoms with E-state index in [-0.39, 0.29) is 16.5 Å². The van der Waals surface area contributed by atoms with Crippen LogP contribution < -0.4 is 0 Å². The van der Waals surface area contributed by atoms with E-state index in [1.807, 2.05) is 0 Å². The summed E-state index contributed by atoms with van der Waals surface area (Å²) in [5, 5.41) is 20.2. The lowest BCUT2D eigenvalue weighted by Gasteiger charge is -2.16. The summed E-state index contributed by atoms with van der Waals surface area (Å²) in [7, 11) is 0. The molecule has 1 unspecified atom stereocenters. The molecule has 2 aromatic rings. The van der Waals surface area contributed by atoms with Crippen LogP contribution in [0.15, 0.2) is 30.3 Å². The van der Waals surface area contributed by atoms with Gasteiger partial charge in [0.15, 0.2) is 0 Å². The molecule has 2 aromatic carbocycles. The molecule has 2 nitrogen and oxygen atoms in total.